The first-order chi connectivity index (χ1) is 12.2. The number of benzene rings is 1. The summed E-state index contributed by atoms with van der Waals surface area (Å²) in [5.41, 5.74) is 6.78. The van der Waals surface area contributed by atoms with Gasteiger partial charge in [0.05, 0.1) is 6.04 Å². The first kappa shape index (κ1) is 16.1. The minimum Gasteiger partial charge on any atom is -0.350 e. The first-order valence-corrected chi connectivity index (χ1v) is 9.07. The van der Waals surface area contributed by atoms with Crippen molar-refractivity contribution in [3.8, 4) is 0 Å². The normalized spacial score (nSPS) is 17.9. The van der Waals surface area contributed by atoms with Crippen LogP contribution in [-0.2, 0) is 13.1 Å². The van der Waals surface area contributed by atoms with Gasteiger partial charge < -0.3 is 4.57 Å². The van der Waals surface area contributed by atoms with Gasteiger partial charge in [-0.1, -0.05) is 29.8 Å². The molecule has 3 heteroatoms. The molecule has 2 aromatic heterocycles. The molecule has 1 unspecified atom stereocenters. The molecule has 0 spiro atoms. The minimum absolute atomic E-state index is 0.289. The van der Waals surface area contributed by atoms with E-state index in [9.17, 15) is 0 Å². The number of nitrogens with zero attached hydrogens (tertiary/aromatic N) is 3. The van der Waals surface area contributed by atoms with E-state index in [4.69, 9.17) is 0 Å². The lowest BCUT2D eigenvalue weighted by molar-refractivity contribution is 0.219. The summed E-state index contributed by atoms with van der Waals surface area (Å²) in [7, 11) is 0. The zero-order valence-corrected chi connectivity index (χ0v) is 15.0. The van der Waals surface area contributed by atoms with Gasteiger partial charge in [0.25, 0.3) is 0 Å². The molecule has 1 atom stereocenters. The van der Waals surface area contributed by atoms with Gasteiger partial charge >= 0.3 is 0 Å². The van der Waals surface area contributed by atoms with Gasteiger partial charge in [-0.2, -0.15) is 0 Å². The molecule has 3 heterocycles. The quantitative estimate of drug-likeness (QED) is 0.705. The van der Waals surface area contributed by atoms with Crippen LogP contribution < -0.4 is 0 Å². The highest BCUT2D eigenvalue weighted by Gasteiger charge is 2.28. The van der Waals surface area contributed by atoms with Gasteiger partial charge in [-0.25, -0.2) is 0 Å². The van der Waals surface area contributed by atoms with Crippen LogP contribution in [0.4, 0.5) is 0 Å². The molecular formula is C22H25N3. The zero-order chi connectivity index (χ0) is 17.2. The second kappa shape index (κ2) is 6.85. The second-order valence-corrected chi connectivity index (χ2v) is 7.07. The van der Waals surface area contributed by atoms with Gasteiger partial charge in [-0.3, -0.25) is 9.88 Å². The van der Waals surface area contributed by atoms with Crippen molar-refractivity contribution < 1.29 is 0 Å². The van der Waals surface area contributed by atoms with Crippen LogP contribution in [0.5, 0.6) is 0 Å². The summed E-state index contributed by atoms with van der Waals surface area (Å²) >= 11 is 0. The van der Waals surface area contributed by atoms with E-state index in [1.165, 1.54) is 34.4 Å². The average molecular weight is 331 g/mol. The molecule has 1 aromatic carbocycles. The Morgan fingerprint density at radius 2 is 2.00 bits per heavy atom. The molecule has 0 bridgehead atoms. The monoisotopic (exact) mass is 331 g/mol. The van der Waals surface area contributed by atoms with Crippen LogP contribution in [0.3, 0.4) is 0 Å². The van der Waals surface area contributed by atoms with E-state index in [0.29, 0.717) is 0 Å². The Bertz CT molecular complexity index is 851. The van der Waals surface area contributed by atoms with Crippen LogP contribution in [0.15, 0.2) is 61.1 Å². The number of aryl methyl sites for hydroxylation is 3. The lowest BCUT2D eigenvalue weighted by Gasteiger charge is -2.32. The molecule has 0 fully saturated rings. The molecule has 3 aromatic rings. The van der Waals surface area contributed by atoms with Gasteiger partial charge in [0.2, 0.25) is 0 Å². The maximum Gasteiger partial charge on any atom is 0.0761 e. The van der Waals surface area contributed by atoms with Crippen LogP contribution >= 0.6 is 0 Å². The third-order valence-electron chi connectivity index (χ3n) is 5.19. The van der Waals surface area contributed by atoms with Gasteiger partial charge in [0, 0.05) is 43.9 Å². The van der Waals surface area contributed by atoms with Gasteiger partial charge in [-0.05, 0) is 55.2 Å². The average Bonchev–Trinajstić information content (AvgIpc) is 3.00. The van der Waals surface area contributed by atoms with Crippen molar-refractivity contribution in [2.24, 2.45) is 0 Å². The molecule has 25 heavy (non-hydrogen) atoms. The predicted octanol–water partition coefficient (Wildman–Crippen LogP) is 4.50. The van der Waals surface area contributed by atoms with Crippen molar-refractivity contribution in [1.29, 1.82) is 0 Å². The summed E-state index contributed by atoms with van der Waals surface area (Å²) in [5, 5.41) is 0. The van der Waals surface area contributed by atoms with Crippen molar-refractivity contribution in [2.45, 2.75) is 39.4 Å². The molecule has 0 saturated heterocycles. The third kappa shape index (κ3) is 3.24. The summed E-state index contributed by atoms with van der Waals surface area (Å²) < 4.78 is 2.43. The van der Waals surface area contributed by atoms with Crippen LogP contribution in [0, 0.1) is 13.8 Å². The first-order valence-electron chi connectivity index (χ1n) is 9.07. The Labute approximate surface area is 149 Å². The zero-order valence-electron chi connectivity index (χ0n) is 15.0. The van der Waals surface area contributed by atoms with Crippen LogP contribution in [0.2, 0.25) is 0 Å². The molecule has 1 aliphatic rings. The standard InChI is InChI=1S/C22H25N3/c1-17-8-9-18(2)20(14-17)22-21-7-4-11-24(21)12-5-13-25(22)16-19-6-3-10-23-15-19/h3-4,6-11,14-15,22H,5,12-13,16H2,1-2H3. The van der Waals surface area contributed by atoms with E-state index in [0.717, 1.165) is 19.6 Å². The lowest BCUT2D eigenvalue weighted by atomic mass is 9.95. The Kier molecular flexibility index (Phi) is 4.41. The number of aromatic nitrogens is 2. The molecule has 128 valence electrons. The summed E-state index contributed by atoms with van der Waals surface area (Å²) in [6.45, 7) is 7.53. The minimum atomic E-state index is 0.289. The molecular weight excluding hydrogens is 306 g/mol. The molecule has 0 N–H and O–H groups in total. The lowest BCUT2D eigenvalue weighted by Crippen LogP contribution is -2.30. The summed E-state index contributed by atoms with van der Waals surface area (Å²) in [6.07, 6.45) is 7.23. The van der Waals surface area contributed by atoms with Crippen molar-refractivity contribution >= 4 is 0 Å². The Morgan fingerprint density at radius 3 is 2.84 bits per heavy atom. The van der Waals surface area contributed by atoms with E-state index >= 15 is 0 Å². The number of hydrogen-bond acceptors (Lipinski definition) is 2. The highest BCUT2D eigenvalue weighted by atomic mass is 15.2. The van der Waals surface area contributed by atoms with E-state index in [1.807, 2.05) is 18.5 Å². The number of pyridine rings is 1. The topological polar surface area (TPSA) is 21.1 Å². The van der Waals surface area contributed by atoms with E-state index < -0.39 is 0 Å². The second-order valence-electron chi connectivity index (χ2n) is 7.07. The molecule has 0 amide bonds. The highest BCUT2D eigenvalue weighted by Crippen LogP contribution is 2.35. The number of fused-ring (bicyclic) bond motifs is 1. The fraction of sp³-hybridized carbons (Fsp3) is 0.318. The number of rotatable bonds is 3. The SMILES string of the molecule is Cc1ccc(C)c(C2c3cccn3CCCN2Cc2cccnc2)c1. The smallest absolute Gasteiger partial charge is 0.0761 e. The van der Waals surface area contributed by atoms with Gasteiger partial charge in [-0.15, -0.1) is 0 Å². The summed E-state index contributed by atoms with van der Waals surface area (Å²) in [4.78, 5) is 6.91. The maximum atomic E-state index is 4.31. The molecule has 3 nitrogen and oxygen atoms in total. The third-order valence-corrected chi connectivity index (χ3v) is 5.19. The molecule has 0 saturated carbocycles. The maximum absolute atomic E-state index is 4.31. The van der Waals surface area contributed by atoms with Crippen molar-refractivity contribution in [3.63, 3.8) is 0 Å². The molecule has 1 aliphatic heterocycles. The predicted molar refractivity (Wildman–Crippen MR) is 101 cm³/mol. The Balaban J connectivity index is 1.80. The van der Waals surface area contributed by atoms with E-state index in [2.05, 4.69) is 70.9 Å². The summed E-state index contributed by atoms with van der Waals surface area (Å²) in [6, 6.07) is 15.8. The Morgan fingerprint density at radius 1 is 1.08 bits per heavy atom. The molecule has 4 rings (SSSR count). The molecule has 0 aliphatic carbocycles. The van der Waals surface area contributed by atoms with Crippen LogP contribution in [0.25, 0.3) is 0 Å². The van der Waals surface area contributed by atoms with Crippen LogP contribution in [0.1, 0.15) is 40.4 Å². The fourth-order valence-electron chi connectivity index (χ4n) is 3.95. The van der Waals surface area contributed by atoms with Gasteiger partial charge in [0.1, 0.15) is 0 Å². The van der Waals surface area contributed by atoms with Crippen molar-refractivity contribution in [3.05, 3.63) is 89.0 Å². The summed E-state index contributed by atoms with van der Waals surface area (Å²) in [5.74, 6) is 0. The van der Waals surface area contributed by atoms with Gasteiger partial charge in [0.15, 0.2) is 0 Å². The van der Waals surface area contributed by atoms with Crippen molar-refractivity contribution in [1.82, 2.24) is 14.5 Å². The van der Waals surface area contributed by atoms with Crippen molar-refractivity contribution in [2.75, 3.05) is 6.54 Å². The van der Waals surface area contributed by atoms with Crippen LogP contribution in [-0.4, -0.2) is 21.0 Å². The molecule has 0 radical (unpaired) electrons. The number of hydrogen-bond donors (Lipinski definition) is 0. The Hall–Kier alpha value is -2.39. The fourth-order valence-corrected chi connectivity index (χ4v) is 3.95. The van der Waals surface area contributed by atoms with E-state index in [-0.39, 0.29) is 6.04 Å². The van der Waals surface area contributed by atoms with E-state index in [1.54, 1.807) is 0 Å². The largest absolute Gasteiger partial charge is 0.350 e. The highest BCUT2D eigenvalue weighted by molar-refractivity contribution is 5.38.